The maximum Gasteiger partial charge on any atom is 0.324 e. The molecule has 210 valence electrons. The van der Waals surface area contributed by atoms with Gasteiger partial charge >= 0.3 is 5.91 Å². The minimum absolute atomic E-state index is 0.326. The number of carbonyl (C=O) groups is 1. The summed E-state index contributed by atoms with van der Waals surface area (Å²) in [5, 5.41) is 0. The maximum absolute atomic E-state index is 13.0. The molecule has 1 atom stereocenters. The zero-order chi connectivity index (χ0) is 26.2. The molecule has 1 aliphatic heterocycles. The number of aliphatic imine (C=N–C) groups is 1. The van der Waals surface area contributed by atoms with E-state index < -0.39 is 0 Å². The molecule has 0 aromatic carbocycles. The summed E-state index contributed by atoms with van der Waals surface area (Å²) in [7, 11) is 2.05. The molecule has 1 aliphatic rings. The van der Waals surface area contributed by atoms with Gasteiger partial charge in [-0.25, -0.2) is 9.79 Å². The summed E-state index contributed by atoms with van der Waals surface area (Å²) in [4.78, 5) is 17.6. The summed E-state index contributed by atoms with van der Waals surface area (Å²) in [5.41, 5.74) is 0. The highest BCUT2D eigenvalue weighted by atomic mass is 16.2. The second-order valence-electron chi connectivity index (χ2n) is 11.6. The molecule has 1 heterocycles. The number of hydrogen-bond donors (Lipinski definition) is 0. The third kappa shape index (κ3) is 16.0. The molecule has 3 nitrogen and oxygen atoms in total. The van der Waals surface area contributed by atoms with Crippen LogP contribution in [0.25, 0.3) is 0 Å². The number of nitrogens with zero attached hydrogens (tertiary/aromatic N) is 2. The van der Waals surface area contributed by atoms with E-state index in [-0.39, 0.29) is 0 Å². The Labute approximate surface area is 226 Å². The third-order valence-electron chi connectivity index (χ3n) is 8.14. The topological polar surface area (TPSA) is 29.4 Å². The van der Waals surface area contributed by atoms with Crippen LogP contribution in [0.3, 0.4) is 0 Å². The van der Waals surface area contributed by atoms with Gasteiger partial charge in [0, 0.05) is 6.42 Å². The average Bonchev–Trinajstić information content (AvgIpc) is 3.26. The summed E-state index contributed by atoms with van der Waals surface area (Å²) >= 11 is 0. The first-order valence-corrected chi connectivity index (χ1v) is 16.3. The van der Waals surface area contributed by atoms with Crippen LogP contribution in [0.2, 0.25) is 0 Å². The van der Waals surface area contributed by atoms with Gasteiger partial charge in [0.1, 0.15) is 6.20 Å². The summed E-state index contributed by atoms with van der Waals surface area (Å²) in [5.74, 6) is 1.39. The van der Waals surface area contributed by atoms with E-state index in [1.54, 1.807) is 0 Å². The first kappa shape index (κ1) is 33.1. The van der Waals surface area contributed by atoms with Gasteiger partial charge in [-0.3, -0.25) is 0 Å². The van der Waals surface area contributed by atoms with E-state index >= 15 is 0 Å². The molecular formula is C33H63N2O+. The van der Waals surface area contributed by atoms with Crippen LogP contribution in [-0.4, -0.2) is 23.3 Å². The maximum atomic E-state index is 13.0. The van der Waals surface area contributed by atoms with Crippen molar-refractivity contribution >= 4 is 11.7 Å². The van der Waals surface area contributed by atoms with Crippen molar-refractivity contribution in [3.63, 3.8) is 0 Å². The predicted molar refractivity (Wildman–Crippen MR) is 159 cm³/mol. The molecule has 1 amide bonds. The van der Waals surface area contributed by atoms with Crippen LogP contribution in [0.5, 0.6) is 0 Å². The molecule has 36 heavy (non-hydrogen) atoms. The lowest BCUT2D eigenvalue weighted by Crippen LogP contribution is -2.47. The number of amides is 1. The lowest BCUT2D eigenvalue weighted by Gasteiger charge is -2.25. The highest BCUT2D eigenvalue weighted by Gasteiger charge is 2.37. The van der Waals surface area contributed by atoms with Crippen LogP contribution in [0.4, 0.5) is 0 Å². The number of hydrogen-bond acceptors (Lipinski definition) is 2. The summed E-state index contributed by atoms with van der Waals surface area (Å²) < 4.78 is 0.329. The lowest BCUT2D eigenvalue weighted by atomic mass is 10.0. The fraction of sp³-hybridized carbons (Fsp3) is 0.879. The van der Waals surface area contributed by atoms with Crippen molar-refractivity contribution in [2.24, 2.45) is 4.99 Å². The van der Waals surface area contributed by atoms with Crippen molar-refractivity contribution in [2.75, 3.05) is 7.05 Å². The van der Waals surface area contributed by atoms with E-state index in [1.807, 2.05) is 19.4 Å². The zero-order valence-electron chi connectivity index (χ0n) is 24.8. The quantitative estimate of drug-likeness (QED) is 0.0852. The predicted octanol–water partition coefficient (Wildman–Crippen LogP) is 11.0. The van der Waals surface area contributed by atoms with Gasteiger partial charge in [-0.1, -0.05) is 155 Å². The zero-order valence-corrected chi connectivity index (χ0v) is 24.8. The second-order valence-corrected chi connectivity index (χ2v) is 11.6. The molecule has 0 radical (unpaired) electrons. The Bertz CT molecular complexity index is 582. The lowest BCUT2D eigenvalue weighted by molar-refractivity contribution is -0.683. The van der Waals surface area contributed by atoms with Gasteiger partial charge < -0.3 is 0 Å². The normalized spacial score (nSPS) is 17.1. The van der Waals surface area contributed by atoms with Crippen molar-refractivity contribution < 1.29 is 9.28 Å². The van der Waals surface area contributed by atoms with Gasteiger partial charge in [0.25, 0.3) is 0 Å². The average molecular weight is 504 g/mol. The largest absolute Gasteiger partial charge is 0.324 e. The molecule has 0 aromatic heterocycles. The molecule has 0 fully saturated rings. The van der Waals surface area contributed by atoms with Crippen LogP contribution in [-0.2, 0) is 4.79 Å². The van der Waals surface area contributed by atoms with Gasteiger partial charge in [0.15, 0.2) is 0 Å². The summed E-state index contributed by atoms with van der Waals surface area (Å²) in [6.07, 6.45) is 37.9. The fourth-order valence-electron chi connectivity index (χ4n) is 5.46. The van der Waals surface area contributed by atoms with E-state index in [0.29, 0.717) is 16.8 Å². The van der Waals surface area contributed by atoms with Gasteiger partial charge in [-0.05, 0) is 12.8 Å². The standard InChI is InChI=1S/C33H63N2O/c1-4-6-8-10-12-14-16-17-18-19-20-22-24-26-28-32-34-30-31-35(32,3)33(36)29-27-25-23-21-15-13-11-9-7-5-2/h30-31H,4-29H2,1-3H3/q+1. The Morgan fingerprint density at radius 1 is 0.583 bits per heavy atom. The van der Waals surface area contributed by atoms with Crippen molar-refractivity contribution in [2.45, 2.75) is 181 Å². The Hall–Kier alpha value is -0.960. The van der Waals surface area contributed by atoms with E-state index in [1.165, 1.54) is 141 Å². The highest BCUT2D eigenvalue weighted by molar-refractivity contribution is 5.90. The van der Waals surface area contributed by atoms with Crippen LogP contribution in [0, 0.1) is 0 Å². The Kier molecular flexibility index (Phi) is 21.3. The van der Waals surface area contributed by atoms with Crippen molar-refractivity contribution in [1.82, 2.24) is 0 Å². The molecule has 0 saturated carbocycles. The van der Waals surface area contributed by atoms with Gasteiger partial charge in [0.2, 0.25) is 5.84 Å². The number of quaternary nitrogens is 1. The molecule has 0 aromatic rings. The second kappa shape index (κ2) is 23.2. The molecule has 0 aliphatic carbocycles. The van der Waals surface area contributed by atoms with Crippen LogP contribution >= 0.6 is 0 Å². The van der Waals surface area contributed by atoms with Gasteiger partial charge in [-0.15, -0.1) is 0 Å². The number of carbonyl (C=O) groups excluding carboxylic acids is 1. The molecule has 3 heteroatoms. The molecule has 0 N–H and O–H groups in total. The van der Waals surface area contributed by atoms with E-state index in [9.17, 15) is 4.79 Å². The summed E-state index contributed by atoms with van der Waals surface area (Å²) in [6, 6.07) is 0. The van der Waals surface area contributed by atoms with Gasteiger partial charge in [0.05, 0.1) is 19.7 Å². The first-order chi connectivity index (χ1) is 17.6. The van der Waals surface area contributed by atoms with E-state index in [4.69, 9.17) is 0 Å². The Morgan fingerprint density at radius 3 is 1.36 bits per heavy atom. The van der Waals surface area contributed by atoms with E-state index in [2.05, 4.69) is 18.8 Å². The Morgan fingerprint density at radius 2 is 0.944 bits per heavy atom. The SMILES string of the molecule is CCCCCCCCCCCCCCCCC1=NC=C[N+]1(C)C(=O)CCCCCCCCCCCC. The molecular weight excluding hydrogens is 440 g/mol. The minimum atomic E-state index is 0.326. The van der Waals surface area contributed by atoms with Crippen LogP contribution in [0.1, 0.15) is 181 Å². The molecule has 0 bridgehead atoms. The molecule has 0 saturated heterocycles. The fourth-order valence-corrected chi connectivity index (χ4v) is 5.46. The monoisotopic (exact) mass is 503 g/mol. The number of unbranched alkanes of at least 4 members (excludes halogenated alkanes) is 22. The molecule has 0 spiro atoms. The first-order valence-electron chi connectivity index (χ1n) is 16.3. The van der Waals surface area contributed by atoms with E-state index in [0.717, 1.165) is 25.1 Å². The molecule has 1 rings (SSSR count). The summed E-state index contributed by atoms with van der Waals surface area (Å²) in [6.45, 7) is 4.56. The highest BCUT2D eigenvalue weighted by Crippen LogP contribution is 2.22. The third-order valence-corrected chi connectivity index (χ3v) is 8.14. The molecule has 1 unspecified atom stereocenters. The minimum Gasteiger partial charge on any atom is -0.230 e. The van der Waals surface area contributed by atoms with Crippen LogP contribution in [0.15, 0.2) is 17.4 Å². The van der Waals surface area contributed by atoms with Gasteiger partial charge in [-0.2, -0.15) is 4.48 Å². The number of amidine groups is 1. The Balaban J connectivity index is 2.00. The van der Waals surface area contributed by atoms with Crippen LogP contribution < -0.4 is 0 Å². The smallest absolute Gasteiger partial charge is 0.230 e. The van der Waals surface area contributed by atoms with Crippen molar-refractivity contribution in [3.05, 3.63) is 12.4 Å². The number of rotatable bonds is 26. The van der Waals surface area contributed by atoms with Crippen molar-refractivity contribution in [1.29, 1.82) is 0 Å². The van der Waals surface area contributed by atoms with Crippen molar-refractivity contribution in [3.8, 4) is 0 Å².